The molecule has 15 heavy (non-hydrogen) atoms. The standard InChI is InChI=1S/C10H16N2O3/c1-7-2-3-8(15-7)6-12-5-4-9(11)10(13)14/h2-3,9,12H,4-6,11H2,1H3,(H,13,14). The lowest BCUT2D eigenvalue weighted by Gasteiger charge is -2.06. The monoisotopic (exact) mass is 212 g/mol. The normalized spacial score (nSPS) is 12.7. The van der Waals surface area contributed by atoms with Crippen molar-refractivity contribution < 1.29 is 14.3 Å². The Labute approximate surface area is 88.3 Å². The molecule has 0 amide bonds. The predicted octanol–water partition coefficient (Wildman–Crippen LogP) is 0.480. The van der Waals surface area contributed by atoms with Crippen LogP contribution in [0.3, 0.4) is 0 Å². The molecule has 0 bridgehead atoms. The fraction of sp³-hybridized carbons (Fsp3) is 0.500. The molecule has 5 nitrogen and oxygen atoms in total. The van der Waals surface area contributed by atoms with Gasteiger partial charge in [0.2, 0.25) is 0 Å². The topological polar surface area (TPSA) is 88.5 Å². The molecule has 0 aliphatic heterocycles. The number of hydrogen-bond acceptors (Lipinski definition) is 4. The van der Waals surface area contributed by atoms with E-state index in [0.717, 1.165) is 11.5 Å². The Bertz CT molecular complexity index is 322. The Balaban J connectivity index is 2.14. The average molecular weight is 212 g/mol. The summed E-state index contributed by atoms with van der Waals surface area (Å²) in [6.07, 6.45) is 0.412. The van der Waals surface area contributed by atoms with Gasteiger partial charge in [-0.3, -0.25) is 4.79 Å². The molecule has 0 fully saturated rings. The smallest absolute Gasteiger partial charge is 0.320 e. The molecule has 4 N–H and O–H groups in total. The van der Waals surface area contributed by atoms with E-state index in [-0.39, 0.29) is 0 Å². The lowest BCUT2D eigenvalue weighted by Crippen LogP contribution is -2.33. The van der Waals surface area contributed by atoms with Gasteiger partial charge in [-0.05, 0) is 32.0 Å². The summed E-state index contributed by atoms with van der Waals surface area (Å²) in [5, 5.41) is 11.6. The van der Waals surface area contributed by atoms with Crippen LogP contribution in [0.4, 0.5) is 0 Å². The molecule has 0 aromatic carbocycles. The van der Waals surface area contributed by atoms with Gasteiger partial charge in [0.05, 0.1) is 6.54 Å². The summed E-state index contributed by atoms with van der Waals surface area (Å²) in [5.74, 6) is 0.746. The number of nitrogens with two attached hydrogens (primary N) is 1. The maximum Gasteiger partial charge on any atom is 0.320 e. The molecule has 84 valence electrons. The van der Waals surface area contributed by atoms with Gasteiger partial charge in [-0.25, -0.2) is 0 Å². The molecule has 5 heteroatoms. The fourth-order valence-electron chi connectivity index (χ4n) is 1.17. The van der Waals surface area contributed by atoms with E-state index in [9.17, 15) is 4.79 Å². The summed E-state index contributed by atoms with van der Waals surface area (Å²) in [5.41, 5.74) is 5.34. The summed E-state index contributed by atoms with van der Waals surface area (Å²) in [6, 6.07) is 2.98. The van der Waals surface area contributed by atoms with E-state index < -0.39 is 12.0 Å². The second-order valence-electron chi connectivity index (χ2n) is 3.42. The summed E-state index contributed by atoms with van der Waals surface area (Å²) in [7, 11) is 0. The Morgan fingerprint density at radius 2 is 2.40 bits per heavy atom. The number of carbonyl (C=O) groups is 1. The van der Waals surface area contributed by atoms with Crippen molar-refractivity contribution in [2.45, 2.75) is 25.9 Å². The van der Waals surface area contributed by atoms with E-state index in [2.05, 4.69) is 5.32 Å². The minimum Gasteiger partial charge on any atom is -0.480 e. The van der Waals surface area contributed by atoms with Crippen LogP contribution in [0, 0.1) is 6.92 Å². The zero-order valence-corrected chi connectivity index (χ0v) is 8.69. The Kier molecular flexibility index (Phi) is 4.33. The molecule has 0 spiro atoms. The first kappa shape index (κ1) is 11.7. The first-order valence-corrected chi connectivity index (χ1v) is 4.84. The Morgan fingerprint density at radius 1 is 1.67 bits per heavy atom. The second kappa shape index (κ2) is 5.53. The number of nitrogens with one attached hydrogen (secondary N) is 1. The van der Waals surface area contributed by atoms with Crippen LogP contribution in [-0.4, -0.2) is 23.7 Å². The van der Waals surface area contributed by atoms with Crippen LogP contribution in [0.5, 0.6) is 0 Å². The van der Waals surface area contributed by atoms with E-state index in [4.69, 9.17) is 15.3 Å². The Morgan fingerprint density at radius 3 is 2.93 bits per heavy atom. The van der Waals surface area contributed by atoms with Gasteiger partial charge in [0.15, 0.2) is 0 Å². The quantitative estimate of drug-likeness (QED) is 0.597. The SMILES string of the molecule is Cc1ccc(CNCCC(N)C(=O)O)o1. The molecule has 1 unspecified atom stereocenters. The van der Waals surface area contributed by atoms with Crippen molar-refractivity contribution in [3.05, 3.63) is 23.7 Å². The van der Waals surface area contributed by atoms with Crippen molar-refractivity contribution in [1.82, 2.24) is 5.32 Å². The molecule has 1 aromatic rings. The number of aliphatic carboxylic acids is 1. The summed E-state index contributed by atoms with van der Waals surface area (Å²) in [4.78, 5) is 10.4. The molecule has 1 aromatic heterocycles. The fourth-order valence-corrected chi connectivity index (χ4v) is 1.17. The van der Waals surface area contributed by atoms with Crippen molar-refractivity contribution in [2.24, 2.45) is 5.73 Å². The summed E-state index contributed by atoms with van der Waals surface area (Å²) in [6.45, 7) is 3.04. The van der Waals surface area contributed by atoms with Crippen molar-refractivity contribution in [1.29, 1.82) is 0 Å². The van der Waals surface area contributed by atoms with Gasteiger partial charge in [0.1, 0.15) is 17.6 Å². The third-order valence-electron chi connectivity index (χ3n) is 2.04. The minimum atomic E-state index is -0.967. The number of carboxylic acids is 1. The van der Waals surface area contributed by atoms with E-state index in [1.807, 2.05) is 19.1 Å². The number of hydrogen-bond donors (Lipinski definition) is 3. The molecule has 0 aliphatic rings. The molecular formula is C10H16N2O3. The van der Waals surface area contributed by atoms with Crippen LogP contribution in [0.25, 0.3) is 0 Å². The number of furan rings is 1. The number of aryl methyl sites for hydroxylation is 1. The highest BCUT2D eigenvalue weighted by atomic mass is 16.4. The maximum atomic E-state index is 10.4. The first-order valence-electron chi connectivity index (χ1n) is 4.84. The van der Waals surface area contributed by atoms with Gasteiger partial charge in [-0.1, -0.05) is 0 Å². The summed E-state index contributed by atoms with van der Waals surface area (Å²) >= 11 is 0. The van der Waals surface area contributed by atoms with Gasteiger partial charge >= 0.3 is 5.97 Å². The third-order valence-corrected chi connectivity index (χ3v) is 2.04. The van der Waals surface area contributed by atoms with Gasteiger partial charge in [-0.15, -0.1) is 0 Å². The highest BCUT2D eigenvalue weighted by Crippen LogP contribution is 2.05. The molecule has 1 heterocycles. The lowest BCUT2D eigenvalue weighted by molar-refractivity contribution is -0.138. The van der Waals surface area contributed by atoms with Crippen LogP contribution in [-0.2, 0) is 11.3 Å². The van der Waals surface area contributed by atoms with E-state index >= 15 is 0 Å². The van der Waals surface area contributed by atoms with E-state index in [1.54, 1.807) is 0 Å². The van der Waals surface area contributed by atoms with Crippen LogP contribution in [0.15, 0.2) is 16.5 Å². The van der Waals surface area contributed by atoms with Crippen LogP contribution < -0.4 is 11.1 Å². The minimum absolute atomic E-state index is 0.412. The third kappa shape index (κ3) is 4.14. The first-order chi connectivity index (χ1) is 7.09. The summed E-state index contributed by atoms with van der Waals surface area (Å²) < 4.78 is 5.33. The van der Waals surface area contributed by atoms with Crippen molar-refractivity contribution in [3.8, 4) is 0 Å². The van der Waals surface area contributed by atoms with Gasteiger partial charge in [0, 0.05) is 0 Å². The highest BCUT2D eigenvalue weighted by Gasteiger charge is 2.09. The molecule has 0 saturated heterocycles. The van der Waals surface area contributed by atoms with E-state index in [1.165, 1.54) is 0 Å². The maximum absolute atomic E-state index is 10.4. The molecule has 1 atom stereocenters. The molecular weight excluding hydrogens is 196 g/mol. The predicted molar refractivity (Wildman–Crippen MR) is 55.4 cm³/mol. The van der Waals surface area contributed by atoms with Gasteiger partial charge in [-0.2, -0.15) is 0 Å². The van der Waals surface area contributed by atoms with Crippen LogP contribution >= 0.6 is 0 Å². The molecule has 0 saturated carbocycles. The molecule has 0 aliphatic carbocycles. The lowest BCUT2D eigenvalue weighted by atomic mass is 10.2. The largest absolute Gasteiger partial charge is 0.480 e. The van der Waals surface area contributed by atoms with Crippen molar-refractivity contribution in [3.63, 3.8) is 0 Å². The average Bonchev–Trinajstić information content (AvgIpc) is 2.58. The zero-order valence-electron chi connectivity index (χ0n) is 8.69. The second-order valence-corrected chi connectivity index (χ2v) is 3.42. The zero-order chi connectivity index (χ0) is 11.3. The van der Waals surface area contributed by atoms with Gasteiger partial charge in [0.25, 0.3) is 0 Å². The van der Waals surface area contributed by atoms with Crippen molar-refractivity contribution in [2.75, 3.05) is 6.54 Å². The van der Waals surface area contributed by atoms with Gasteiger partial charge < -0.3 is 20.6 Å². The van der Waals surface area contributed by atoms with Crippen molar-refractivity contribution >= 4 is 5.97 Å². The van der Waals surface area contributed by atoms with Crippen LogP contribution in [0.2, 0.25) is 0 Å². The molecule has 0 radical (unpaired) electrons. The van der Waals surface area contributed by atoms with Crippen LogP contribution in [0.1, 0.15) is 17.9 Å². The number of rotatable bonds is 6. The number of carboxylic acid groups (broad SMARTS) is 1. The highest BCUT2D eigenvalue weighted by molar-refractivity contribution is 5.72. The molecule has 1 rings (SSSR count). The van der Waals surface area contributed by atoms with E-state index in [0.29, 0.717) is 19.5 Å². The Hall–Kier alpha value is -1.33.